The minimum absolute atomic E-state index is 0.166. The van der Waals surface area contributed by atoms with E-state index < -0.39 is 0 Å². The van der Waals surface area contributed by atoms with Gasteiger partial charge in [-0.2, -0.15) is 0 Å². The molecule has 2 aliphatic rings. The molecule has 0 radical (unpaired) electrons. The normalized spacial score (nSPS) is 19.1. The number of piperidine rings is 1. The van der Waals surface area contributed by atoms with Crippen molar-refractivity contribution in [2.24, 2.45) is 0 Å². The Bertz CT molecular complexity index is 521. The predicted octanol–water partition coefficient (Wildman–Crippen LogP) is 2.21. The monoisotopic (exact) mass is 287 g/mol. The average molecular weight is 287 g/mol. The minimum Gasteiger partial charge on any atom is -0.384 e. The van der Waals surface area contributed by atoms with E-state index in [1.54, 1.807) is 0 Å². The Morgan fingerprint density at radius 2 is 2.14 bits per heavy atom. The SMILES string of the molecule is CCN1CCC(N(C)C(=O)c2ccc3c(c2)CCN3)CC1. The third kappa shape index (κ3) is 2.91. The molecular formula is C17H25N3O. The molecule has 0 saturated carbocycles. The Balaban J connectivity index is 1.67. The van der Waals surface area contributed by atoms with E-state index in [-0.39, 0.29) is 5.91 Å². The summed E-state index contributed by atoms with van der Waals surface area (Å²) < 4.78 is 0. The second-order valence-corrected chi connectivity index (χ2v) is 6.13. The second kappa shape index (κ2) is 6.06. The third-order valence-corrected chi connectivity index (χ3v) is 4.93. The zero-order valence-corrected chi connectivity index (χ0v) is 13.1. The van der Waals surface area contributed by atoms with Gasteiger partial charge in [-0.25, -0.2) is 0 Å². The third-order valence-electron chi connectivity index (χ3n) is 4.93. The zero-order valence-electron chi connectivity index (χ0n) is 13.1. The molecule has 0 unspecified atom stereocenters. The van der Waals surface area contributed by atoms with E-state index in [2.05, 4.69) is 23.2 Å². The van der Waals surface area contributed by atoms with Crippen LogP contribution in [0.15, 0.2) is 18.2 Å². The lowest BCUT2D eigenvalue weighted by atomic mass is 10.0. The number of hydrogen-bond acceptors (Lipinski definition) is 3. The molecule has 114 valence electrons. The van der Waals surface area contributed by atoms with Crippen molar-refractivity contribution in [2.75, 3.05) is 38.5 Å². The molecule has 1 saturated heterocycles. The van der Waals surface area contributed by atoms with Crippen LogP contribution in [0.2, 0.25) is 0 Å². The van der Waals surface area contributed by atoms with Gasteiger partial charge >= 0.3 is 0 Å². The molecular weight excluding hydrogens is 262 g/mol. The molecule has 1 fully saturated rings. The van der Waals surface area contributed by atoms with Gasteiger partial charge in [0.25, 0.3) is 5.91 Å². The maximum atomic E-state index is 12.7. The van der Waals surface area contributed by atoms with Crippen LogP contribution < -0.4 is 5.32 Å². The van der Waals surface area contributed by atoms with Gasteiger partial charge in [-0.1, -0.05) is 6.92 Å². The fourth-order valence-corrected chi connectivity index (χ4v) is 3.43. The molecule has 1 aromatic rings. The molecule has 0 atom stereocenters. The molecule has 0 spiro atoms. The molecule has 0 aromatic heterocycles. The van der Waals surface area contributed by atoms with Crippen molar-refractivity contribution in [1.82, 2.24) is 9.80 Å². The summed E-state index contributed by atoms with van der Waals surface area (Å²) in [7, 11) is 1.96. The summed E-state index contributed by atoms with van der Waals surface area (Å²) in [5.74, 6) is 0.166. The van der Waals surface area contributed by atoms with Crippen molar-refractivity contribution in [3.8, 4) is 0 Å². The lowest BCUT2D eigenvalue weighted by molar-refractivity contribution is 0.0647. The van der Waals surface area contributed by atoms with Crippen LogP contribution in [0.4, 0.5) is 5.69 Å². The number of benzene rings is 1. The number of amides is 1. The first-order valence-corrected chi connectivity index (χ1v) is 8.05. The summed E-state index contributed by atoms with van der Waals surface area (Å²) in [6.07, 6.45) is 3.19. The summed E-state index contributed by atoms with van der Waals surface area (Å²) in [6.45, 7) is 6.51. The number of rotatable bonds is 3. The number of likely N-dealkylation sites (tertiary alicyclic amines) is 1. The largest absolute Gasteiger partial charge is 0.384 e. The van der Waals surface area contributed by atoms with Gasteiger partial charge in [0.2, 0.25) is 0 Å². The Hall–Kier alpha value is -1.55. The molecule has 21 heavy (non-hydrogen) atoms. The molecule has 1 N–H and O–H groups in total. The lowest BCUT2D eigenvalue weighted by Crippen LogP contribution is -2.45. The highest BCUT2D eigenvalue weighted by molar-refractivity contribution is 5.95. The Morgan fingerprint density at radius 1 is 1.38 bits per heavy atom. The first-order valence-electron chi connectivity index (χ1n) is 8.05. The molecule has 0 aliphatic carbocycles. The van der Waals surface area contributed by atoms with Crippen molar-refractivity contribution in [2.45, 2.75) is 32.2 Å². The minimum atomic E-state index is 0.166. The Kier molecular flexibility index (Phi) is 4.15. The summed E-state index contributed by atoms with van der Waals surface area (Å²) >= 11 is 0. The maximum Gasteiger partial charge on any atom is 0.253 e. The average Bonchev–Trinajstić information content (AvgIpc) is 3.01. The zero-order chi connectivity index (χ0) is 14.8. The standard InChI is InChI=1S/C17H25N3O/c1-3-20-10-7-15(8-11-20)19(2)17(21)14-4-5-16-13(12-14)6-9-18-16/h4-5,12,15,18H,3,6-11H2,1-2H3. The number of nitrogens with one attached hydrogen (secondary N) is 1. The summed E-state index contributed by atoms with van der Waals surface area (Å²) in [5.41, 5.74) is 3.29. The highest BCUT2D eigenvalue weighted by Gasteiger charge is 2.26. The number of carbonyl (C=O) groups is 1. The molecule has 4 heteroatoms. The van der Waals surface area contributed by atoms with Crippen LogP contribution in [-0.2, 0) is 6.42 Å². The fourth-order valence-electron chi connectivity index (χ4n) is 3.43. The van der Waals surface area contributed by atoms with E-state index in [4.69, 9.17) is 0 Å². The summed E-state index contributed by atoms with van der Waals surface area (Å²) in [5, 5.41) is 3.34. The maximum absolute atomic E-state index is 12.7. The fraction of sp³-hybridized carbons (Fsp3) is 0.588. The first kappa shape index (κ1) is 14.4. The summed E-state index contributed by atoms with van der Waals surface area (Å²) in [6, 6.07) is 6.45. The molecule has 2 aliphatic heterocycles. The van der Waals surface area contributed by atoms with E-state index in [0.717, 1.165) is 51.0 Å². The van der Waals surface area contributed by atoms with Crippen molar-refractivity contribution in [3.63, 3.8) is 0 Å². The predicted molar refractivity (Wildman–Crippen MR) is 85.9 cm³/mol. The molecule has 0 bridgehead atoms. The Morgan fingerprint density at radius 3 is 2.86 bits per heavy atom. The Labute approximate surface area is 127 Å². The van der Waals surface area contributed by atoms with Gasteiger partial charge in [-0.3, -0.25) is 4.79 Å². The van der Waals surface area contributed by atoms with Crippen LogP contribution in [0, 0.1) is 0 Å². The number of fused-ring (bicyclic) bond motifs is 1. The topological polar surface area (TPSA) is 35.6 Å². The van der Waals surface area contributed by atoms with E-state index in [1.807, 2.05) is 24.1 Å². The van der Waals surface area contributed by atoms with Crippen LogP contribution >= 0.6 is 0 Å². The molecule has 2 heterocycles. The van der Waals surface area contributed by atoms with Crippen LogP contribution in [0.5, 0.6) is 0 Å². The van der Waals surface area contributed by atoms with Gasteiger partial charge in [0, 0.05) is 44.0 Å². The van der Waals surface area contributed by atoms with Gasteiger partial charge in [-0.15, -0.1) is 0 Å². The van der Waals surface area contributed by atoms with Gasteiger partial charge in [0.05, 0.1) is 0 Å². The molecule has 4 nitrogen and oxygen atoms in total. The van der Waals surface area contributed by atoms with Crippen LogP contribution in [0.3, 0.4) is 0 Å². The molecule has 3 rings (SSSR count). The van der Waals surface area contributed by atoms with Crippen LogP contribution in [0.1, 0.15) is 35.7 Å². The first-order chi connectivity index (χ1) is 10.2. The number of carbonyl (C=O) groups excluding carboxylic acids is 1. The van der Waals surface area contributed by atoms with Crippen molar-refractivity contribution in [3.05, 3.63) is 29.3 Å². The van der Waals surface area contributed by atoms with Gasteiger partial charge in [0.15, 0.2) is 0 Å². The lowest BCUT2D eigenvalue weighted by Gasteiger charge is -2.36. The van der Waals surface area contributed by atoms with Gasteiger partial charge < -0.3 is 15.1 Å². The van der Waals surface area contributed by atoms with Gasteiger partial charge in [0.1, 0.15) is 0 Å². The van der Waals surface area contributed by atoms with Crippen molar-refractivity contribution < 1.29 is 4.79 Å². The number of hydrogen-bond donors (Lipinski definition) is 1. The molecule has 1 amide bonds. The number of anilines is 1. The van der Waals surface area contributed by atoms with E-state index in [0.29, 0.717) is 6.04 Å². The highest BCUT2D eigenvalue weighted by Crippen LogP contribution is 2.24. The van der Waals surface area contributed by atoms with Crippen molar-refractivity contribution in [1.29, 1.82) is 0 Å². The van der Waals surface area contributed by atoms with E-state index in [9.17, 15) is 4.79 Å². The van der Waals surface area contributed by atoms with Crippen molar-refractivity contribution >= 4 is 11.6 Å². The quantitative estimate of drug-likeness (QED) is 0.926. The van der Waals surface area contributed by atoms with Crippen LogP contribution in [0.25, 0.3) is 0 Å². The summed E-state index contributed by atoms with van der Waals surface area (Å²) in [4.78, 5) is 17.1. The van der Waals surface area contributed by atoms with E-state index >= 15 is 0 Å². The van der Waals surface area contributed by atoms with Crippen LogP contribution in [-0.4, -0.2) is 55.0 Å². The van der Waals surface area contributed by atoms with Gasteiger partial charge in [-0.05, 0) is 49.6 Å². The second-order valence-electron chi connectivity index (χ2n) is 6.13. The molecule has 1 aromatic carbocycles. The van der Waals surface area contributed by atoms with E-state index in [1.165, 1.54) is 11.3 Å². The highest BCUT2D eigenvalue weighted by atomic mass is 16.2. The number of nitrogens with zero attached hydrogens (tertiary/aromatic N) is 2. The smallest absolute Gasteiger partial charge is 0.253 e.